The Morgan fingerprint density at radius 2 is 2.14 bits per heavy atom. The number of aryl methyl sites for hydroxylation is 1. The van der Waals surface area contributed by atoms with E-state index in [-0.39, 0.29) is 12.5 Å². The van der Waals surface area contributed by atoms with Crippen molar-refractivity contribution in [3.05, 3.63) is 28.8 Å². The van der Waals surface area contributed by atoms with Crippen molar-refractivity contribution in [2.24, 2.45) is 0 Å². The summed E-state index contributed by atoms with van der Waals surface area (Å²) < 4.78 is 0. The van der Waals surface area contributed by atoms with Crippen LogP contribution in [0.5, 0.6) is 0 Å². The van der Waals surface area contributed by atoms with E-state index in [1.54, 1.807) is 0 Å². The second-order valence-corrected chi connectivity index (χ2v) is 6.07. The summed E-state index contributed by atoms with van der Waals surface area (Å²) in [5, 5.41) is 12.6. The van der Waals surface area contributed by atoms with E-state index in [2.05, 4.69) is 10.2 Å². The summed E-state index contributed by atoms with van der Waals surface area (Å²) in [5.74, 6) is -0.0823. The Kier molecular flexibility index (Phi) is 6.03. The molecule has 1 fully saturated rings. The standard InChI is InChI=1S/C16H23ClN2O2/c1-12-6-7-15(14(17)10-12)18-16(21)11-19(8-9-20)13-4-2-3-5-13/h6-7,10,13,20H,2-5,8-9,11H2,1H3,(H,18,21). The molecule has 2 rings (SSSR count). The van der Waals surface area contributed by atoms with Gasteiger partial charge in [-0.25, -0.2) is 0 Å². The lowest BCUT2D eigenvalue weighted by molar-refractivity contribution is -0.118. The number of carbonyl (C=O) groups excluding carboxylic acids is 1. The van der Waals surface area contributed by atoms with Crippen molar-refractivity contribution < 1.29 is 9.90 Å². The number of aliphatic hydroxyl groups is 1. The summed E-state index contributed by atoms with van der Waals surface area (Å²) in [4.78, 5) is 14.3. The highest BCUT2D eigenvalue weighted by Crippen LogP contribution is 2.24. The number of aliphatic hydroxyl groups excluding tert-OH is 1. The summed E-state index contributed by atoms with van der Waals surface area (Å²) >= 11 is 6.13. The summed E-state index contributed by atoms with van der Waals surface area (Å²) in [6.45, 7) is 2.88. The molecule has 0 saturated heterocycles. The van der Waals surface area contributed by atoms with Gasteiger partial charge >= 0.3 is 0 Å². The van der Waals surface area contributed by atoms with Gasteiger partial charge < -0.3 is 10.4 Å². The highest BCUT2D eigenvalue weighted by Gasteiger charge is 2.24. The Morgan fingerprint density at radius 3 is 2.76 bits per heavy atom. The summed E-state index contributed by atoms with van der Waals surface area (Å²) in [5.41, 5.74) is 1.70. The van der Waals surface area contributed by atoms with E-state index in [0.29, 0.717) is 29.8 Å². The van der Waals surface area contributed by atoms with Gasteiger partial charge in [0.1, 0.15) is 0 Å². The van der Waals surface area contributed by atoms with Gasteiger partial charge in [0.25, 0.3) is 0 Å². The first kappa shape index (κ1) is 16.3. The SMILES string of the molecule is Cc1ccc(NC(=O)CN(CCO)C2CCCC2)c(Cl)c1. The Balaban J connectivity index is 1.95. The summed E-state index contributed by atoms with van der Waals surface area (Å²) in [7, 11) is 0. The van der Waals surface area contributed by atoms with Gasteiger partial charge in [-0.3, -0.25) is 9.69 Å². The molecule has 1 saturated carbocycles. The number of anilines is 1. The van der Waals surface area contributed by atoms with Gasteiger partial charge in [-0.05, 0) is 37.5 Å². The lowest BCUT2D eigenvalue weighted by atomic mass is 10.2. The zero-order chi connectivity index (χ0) is 15.2. The van der Waals surface area contributed by atoms with Crippen LogP contribution in [-0.2, 0) is 4.79 Å². The third kappa shape index (κ3) is 4.70. The summed E-state index contributed by atoms with van der Waals surface area (Å²) in [6.07, 6.45) is 4.63. The molecule has 4 nitrogen and oxygen atoms in total. The van der Waals surface area contributed by atoms with E-state index >= 15 is 0 Å². The van der Waals surface area contributed by atoms with Gasteiger partial charge in [-0.1, -0.05) is 30.5 Å². The normalized spacial score (nSPS) is 15.6. The third-order valence-corrected chi connectivity index (χ3v) is 4.29. The lowest BCUT2D eigenvalue weighted by Crippen LogP contribution is -2.41. The molecule has 5 heteroatoms. The molecule has 0 atom stereocenters. The van der Waals surface area contributed by atoms with E-state index in [1.807, 2.05) is 25.1 Å². The van der Waals surface area contributed by atoms with Crippen molar-refractivity contribution in [1.29, 1.82) is 0 Å². The molecule has 0 heterocycles. The number of carbonyl (C=O) groups is 1. The number of rotatable bonds is 6. The van der Waals surface area contributed by atoms with Crippen LogP contribution >= 0.6 is 11.6 Å². The van der Waals surface area contributed by atoms with Crippen LogP contribution in [-0.4, -0.2) is 41.7 Å². The van der Waals surface area contributed by atoms with Gasteiger partial charge in [0.05, 0.1) is 23.9 Å². The molecular weight excluding hydrogens is 288 g/mol. The largest absolute Gasteiger partial charge is 0.395 e. The molecular formula is C16H23ClN2O2. The number of hydrogen-bond acceptors (Lipinski definition) is 3. The number of nitrogens with one attached hydrogen (secondary N) is 1. The van der Waals surface area contributed by atoms with Gasteiger partial charge in [0.15, 0.2) is 0 Å². The van der Waals surface area contributed by atoms with Gasteiger partial charge in [-0.2, -0.15) is 0 Å². The van der Waals surface area contributed by atoms with Crippen LogP contribution in [0, 0.1) is 6.92 Å². The molecule has 0 radical (unpaired) electrons. The number of nitrogens with zero attached hydrogens (tertiary/aromatic N) is 1. The average molecular weight is 311 g/mol. The second-order valence-electron chi connectivity index (χ2n) is 5.66. The van der Waals surface area contributed by atoms with E-state index in [4.69, 9.17) is 11.6 Å². The van der Waals surface area contributed by atoms with Crippen LogP contribution in [0.15, 0.2) is 18.2 Å². The first-order valence-electron chi connectivity index (χ1n) is 7.51. The molecule has 21 heavy (non-hydrogen) atoms. The maximum absolute atomic E-state index is 12.2. The minimum Gasteiger partial charge on any atom is -0.395 e. The molecule has 1 aromatic carbocycles. The number of amides is 1. The van der Waals surface area contributed by atoms with Crippen LogP contribution < -0.4 is 5.32 Å². The van der Waals surface area contributed by atoms with Crippen LogP contribution in [0.2, 0.25) is 5.02 Å². The van der Waals surface area contributed by atoms with Crippen molar-refractivity contribution in [3.8, 4) is 0 Å². The van der Waals surface area contributed by atoms with E-state index in [0.717, 1.165) is 18.4 Å². The second kappa shape index (κ2) is 7.78. The monoisotopic (exact) mass is 310 g/mol. The van der Waals surface area contributed by atoms with Crippen LogP contribution in [0.1, 0.15) is 31.2 Å². The lowest BCUT2D eigenvalue weighted by Gasteiger charge is -2.27. The fourth-order valence-corrected chi connectivity index (χ4v) is 3.17. The smallest absolute Gasteiger partial charge is 0.238 e. The zero-order valence-electron chi connectivity index (χ0n) is 12.4. The van der Waals surface area contributed by atoms with Gasteiger partial charge in [0, 0.05) is 12.6 Å². The minimum atomic E-state index is -0.0823. The highest BCUT2D eigenvalue weighted by atomic mass is 35.5. The average Bonchev–Trinajstić information content (AvgIpc) is 2.95. The molecule has 0 aromatic heterocycles. The molecule has 2 N–H and O–H groups in total. The number of benzene rings is 1. The maximum atomic E-state index is 12.2. The Bertz CT molecular complexity index is 487. The first-order valence-corrected chi connectivity index (χ1v) is 7.89. The molecule has 1 aliphatic carbocycles. The fourth-order valence-electron chi connectivity index (χ4n) is 2.88. The van der Waals surface area contributed by atoms with Gasteiger partial charge in [0.2, 0.25) is 5.91 Å². The van der Waals surface area contributed by atoms with Crippen molar-refractivity contribution in [3.63, 3.8) is 0 Å². The molecule has 1 amide bonds. The molecule has 0 bridgehead atoms. The molecule has 116 valence electrons. The zero-order valence-corrected chi connectivity index (χ0v) is 13.2. The van der Waals surface area contributed by atoms with E-state index in [1.165, 1.54) is 12.8 Å². The van der Waals surface area contributed by atoms with Crippen molar-refractivity contribution in [1.82, 2.24) is 4.90 Å². The minimum absolute atomic E-state index is 0.0784. The van der Waals surface area contributed by atoms with Crippen molar-refractivity contribution in [2.45, 2.75) is 38.6 Å². The first-order chi connectivity index (χ1) is 10.1. The van der Waals surface area contributed by atoms with Crippen molar-refractivity contribution >= 4 is 23.2 Å². The maximum Gasteiger partial charge on any atom is 0.238 e. The third-order valence-electron chi connectivity index (χ3n) is 3.97. The van der Waals surface area contributed by atoms with E-state index < -0.39 is 0 Å². The summed E-state index contributed by atoms with van der Waals surface area (Å²) in [6, 6.07) is 5.99. The van der Waals surface area contributed by atoms with Crippen molar-refractivity contribution in [2.75, 3.05) is 25.0 Å². The van der Waals surface area contributed by atoms with Crippen LogP contribution in [0.3, 0.4) is 0 Å². The Morgan fingerprint density at radius 1 is 1.43 bits per heavy atom. The number of halogens is 1. The molecule has 0 spiro atoms. The Labute approximate surface area is 131 Å². The molecule has 0 unspecified atom stereocenters. The van der Waals surface area contributed by atoms with Gasteiger partial charge in [-0.15, -0.1) is 0 Å². The van der Waals surface area contributed by atoms with Crippen LogP contribution in [0.4, 0.5) is 5.69 Å². The predicted molar refractivity (Wildman–Crippen MR) is 85.7 cm³/mol. The fraction of sp³-hybridized carbons (Fsp3) is 0.562. The predicted octanol–water partition coefficient (Wildman–Crippen LogP) is 2.82. The molecule has 1 aliphatic rings. The molecule has 1 aromatic rings. The van der Waals surface area contributed by atoms with Crippen LogP contribution in [0.25, 0.3) is 0 Å². The number of hydrogen-bond donors (Lipinski definition) is 2. The Hall–Kier alpha value is -1.10. The highest BCUT2D eigenvalue weighted by molar-refractivity contribution is 6.33. The quantitative estimate of drug-likeness (QED) is 0.849. The topological polar surface area (TPSA) is 52.6 Å². The van der Waals surface area contributed by atoms with E-state index in [9.17, 15) is 9.90 Å². The molecule has 0 aliphatic heterocycles.